The van der Waals surface area contributed by atoms with Crippen LogP contribution in [0.5, 0.6) is 0 Å². The first-order valence-electron chi connectivity index (χ1n) is 38.1. The van der Waals surface area contributed by atoms with Gasteiger partial charge in [0.1, 0.15) is 0 Å². The molecule has 0 aromatic heterocycles. The molecule has 492 valence electrons. The lowest BCUT2D eigenvalue weighted by Gasteiger charge is -2.22. The zero-order valence-electron chi connectivity index (χ0n) is 56.5. The lowest BCUT2D eigenvalue weighted by Crippen LogP contribution is -2.45. The molecule has 2 atom stereocenters. The minimum atomic E-state index is -0.663. The maximum Gasteiger partial charge on any atom is 0.305 e. The van der Waals surface area contributed by atoms with Gasteiger partial charge in [0, 0.05) is 12.8 Å². The van der Waals surface area contributed by atoms with Gasteiger partial charge < -0.3 is 20.3 Å². The van der Waals surface area contributed by atoms with E-state index in [1.54, 1.807) is 0 Å². The number of carbonyl (C=O) groups is 2. The Morgan fingerprint density at radius 3 is 0.916 bits per heavy atom. The van der Waals surface area contributed by atoms with Gasteiger partial charge in [0.05, 0.1) is 25.4 Å². The van der Waals surface area contributed by atoms with Crippen molar-refractivity contribution in [3.05, 3.63) is 24.3 Å². The van der Waals surface area contributed by atoms with Crippen molar-refractivity contribution in [3.8, 4) is 0 Å². The molecule has 6 nitrogen and oxygen atoms in total. The zero-order chi connectivity index (χ0) is 59.9. The summed E-state index contributed by atoms with van der Waals surface area (Å²) in [6.07, 6.45) is 92.5. The molecule has 0 aliphatic heterocycles. The molecule has 0 fully saturated rings. The third-order valence-electron chi connectivity index (χ3n) is 18.0. The summed E-state index contributed by atoms with van der Waals surface area (Å²) in [5.41, 5.74) is 0. The molecule has 0 aromatic carbocycles. The Hall–Kier alpha value is -1.66. The van der Waals surface area contributed by atoms with Crippen LogP contribution in [0.15, 0.2) is 24.3 Å². The van der Waals surface area contributed by atoms with E-state index < -0.39 is 12.1 Å². The van der Waals surface area contributed by atoms with Gasteiger partial charge in [-0.05, 0) is 57.8 Å². The minimum absolute atomic E-state index is 0.0191. The van der Waals surface area contributed by atoms with Crippen molar-refractivity contribution < 1.29 is 24.5 Å². The summed E-state index contributed by atoms with van der Waals surface area (Å²) in [6.45, 7) is 5.00. The second-order valence-electron chi connectivity index (χ2n) is 26.3. The van der Waals surface area contributed by atoms with Crippen LogP contribution < -0.4 is 5.32 Å². The summed E-state index contributed by atoms with van der Waals surface area (Å²) in [5, 5.41) is 23.4. The fourth-order valence-corrected chi connectivity index (χ4v) is 12.2. The fourth-order valence-electron chi connectivity index (χ4n) is 12.2. The van der Waals surface area contributed by atoms with Gasteiger partial charge in [0.2, 0.25) is 5.91 Å². The largest absolute Gasteiger partial charge is 0.466 e. The number of hydrogen-bond donors (Lipinski definition) is 3. The average molecular weight is 1170 g/mol. The van der Waals surface area contributed by atoms with Crippen molar-refractivity contribution in [1.29, 1.82) is 0 Å². The van der Waals surface area contributed by atoms with Crippen LogP contribution >= 0.6 is 0 Å². The maximum atomic E-state index is 12.5. The molecule has 0 aliphatic rings. The van der Waals surface area contributed by atoms with Crippen LogP contribution in [-0.2, 0) is 14.3 Å². The minimum Gasteiger partial charge on any atom is -0.466 e. The predicted molar refractivity (Wildman–Crippen MR) is 366 cm³/mol. The Bertz CT molecular complexity index is 1300. The second kappa shape index (κ2) is 72.8. The van der Waals surface area contributed by atoms with E-state index in [9.17, 15) is 19.8 Å². The van der Waals surface area contributed by atoms with Gasteiger partial charge in [-0.2, -0.15) is 0 Å². The molecule has 3 N–H and O–H groups in total. The molecule has 0 rings (SSSR count). The molecule has 0 saturated carbocycles. The van der Waals surface area contributed by atoms with Crippen molar-refractivity contribution in [3.63, 3.8) is 0 Å². The fraction of sp³-hybridized carbons (Fsp3) is 0.922. The number of aliphatic hydroxyl groups is 2. The number of allylic oxidation sites excluding steroid dienone is 4. The van der Waals surface area contributed by atoms with Gasteiger partial charge in [-0.25, -0.2) is 0 Å². The van der Waals surface area contributed by atoms with Gasteiger partial charge in [0.15, 0.2) is 0 Å². The highest BCUT2D eigenvalue weighted by Crippen LogP contribution is 2.20. The zero-order valence-corrected chi connectivity index (χ0v) is 56.5. The standard InChI is InChI=1S/C77H149NO5/c1-3-5-7-9-11-13-15-17-19-38-43-47-51-55-59-63-67-71-77(82)83-72-68-64-60-56-52-48-44-40-37-35-33-31-29-27-25-23-21-22-24-26-28-30-32-34-36-39-42-46-50-54-58-62-66-70-76(81)78-74(73-79)75(80)69-65-61-57-53-49-45-41-20-18-16-14-12-10-8-6-4-2/h25,27,31,33,74-75,79-80H,3-24,26,28-30,32,34-73H2,1-2H3,(H,78,81)/b27-25-,33-31-. The van der Waals surface area contributed by atoms with E-state index in [0.717, 1.165) is 44.9 Å². The summed E-state index contributed by atoms with van der Waals surface area (Å²) in [5.74, 6) is -0.0104. The summed E-state index contributed by atoms with van der Waals surface area (Å²) in [4.78, 5) is 24.6. The molecule has 0 radical (unpaired) electrons. The highest BCUT2D eigenvalue weighted by molar-refractivity contribution is 5.76. The summed E-state index contributed by atoms with van der Waals surface area (Å²) in [7, 11) is 0. The smallest absolute Gasteiger partial charge is 0.305 e. The van der Waals surface area contributed by atoms with E-state index >= 15 is 0 Å². The molecular weight excluding hydrogens is 1020 g/mol. The highest BCUT2D eigenvalue weighted by atomic mass is 16.5. The molecule has 0 aliphatic carbocycles. The number of rotatable bonds is 72. The Morgan fingerprint density at radius 2 is 0.602 bits per heavy atom. The topological polar surface area (TPSA) is 95.9 Å². The van der Waals surface area contributed by atoms with Gasteiger partial charge in [-0.1, -0.05) is 385 Å². The van der Waals surface area contributed by atoms with E-state index in [0.29, 0.717) is 25.9 Å². The molecule has 0 aromatic rings. The Balaban J connectivity index is 3.36. The summed E-state index contributed by atoms with van der Waals surface area (Å²) in [6, 6.07) is -0.540. The number of ether oxygens (including phenoxy) is 1. The highest BCUT2D eigenvalue weighted by Gasteiger charge is 2.20. The van der Waals surface area contributed by atoms with E-state index in [2.05, 4.69) is 43.5 Å². The SMILES string of the molecule is CCCCCCCCCCCCCCCCCCCC(=O)OCCCCCCCCCCC/C=C\C/C=C\CCCCCCCCCCCCCCCCCCCC(=O)NC(CO)C(O)CCCCCCCCCCCCCCCCCC. The number of unbranched alkanes of at least 4 members (excludes halogenated alkanes) is 57. The van der Waals surface area contributed by atoms with Crippen molar-refractivity contribution in [2.24, 2.45) is 0 Å². The van der Waals surface area contributed by atoms with Crippen LogP contribution in [0.4, 0.5) is 0 Å². The van der Waals surface area contributed by atoms with Gasteiger partial charge in [-0.15, -0.1) is 0 Å². The van der Waals surface area contributed by atoms with Crippen LogP contribution in [0.3, 0.4) is 0 Å². The summed E-state index contributed by atoms with van der Waals surface area (Å²) < 4.78 is 5.51. The molecule has 0 spiro atoms. The molecule has 0 saturated heterocycles. The lowest BCUT2D eigenvalue weighted by molar-refractivity contribution is -0.143. The number of hydrogen-bond acceptors (Lipinski definition) is 5. The quantitative estimate of drug-likeness (QED) is 0.0320. The average Bonchev–Trinajstić information content (AvgIpc) is 3.49. The van der Waals surface area contributed by atoms with E-state index in [1.807, 2.05) is 0 Å². The number of aliphatic hydroxyl groups excluding tert-OH is 2. The summed E-state index contributed by atoms with van der Waals surface area (Å²) >= 11 is 0. The van der Waals surface area contributed by atoms with Gasteiger partial charge in [-0.3, -0.25) is 9.59 Å². The molecule has 6 heteroatoms. The third kappa shape index (κ3) is 69.3. The van der Waals surface area contributed by atoms with Crippen LogP contribution in [-0.4, -0.2) is 47.4 Å². The molecule has 1 amide bonds. The van der Waals surface area contributed by atoms with Gasteiger partial charge in [0.25, 0.3) is 0 Å². The first-order chi connectivity index (χ1) is 41.0. The number of nitrogens with one attached hydrogen (secondary N) is 1. The molecule has 0 bridgehead atoms. The van der Waals surface area contributed by atoms with Crippen molar-refractivity contribution >= 4 is 11.9 Å². The first kappa shape index (κ1) is 81.3. The second-order valence-corrected chi connectivity index (χ2v) is 26.3. The van der Waals surface area contributed by atoms with E-state index in [1.165, 1.54) is 353 Å². The van der Waals surface area contributed by atoms with Crippen LogP contribution in [0.2, 0.25) is 0 Å². The van der Waals surface area contributed by atoms with Crippen LogP contribution in [0.25, 0.3) is 0 Å². The van der Waals surface area contributed by atoms with Crippen molar-refractivity contribution in [2.75, 3.05) is 13.2 Å². The number of esters is 1. The third-order valence-corrected chi connectivity index (χ3v) is 18.0. The monoisotopic (exact) mass is 1170 g/mol. The Labute approximate surface area is 520 Å². The van der Waals surface area contributed by atoms with Crippen molar-refractivity contribution in [2.45, 2.75) is 443 Å². The first-order valence-corrected chi connectivity index (χ1v) is 38.1. The molecule has 0 heterocycles. The van der Waals surface area contributed by atoms with Crippen molar-refractivity contribution in [1.82, 2.24) is 5.32 Å². The molecule has 83 heavy (non-hydrogen) atoms. The predicted octanol–water partition coefficient (Wildman–Crippen LogP) is 24.9. The Morgan fingerprint density at radius 1 is 0.337 bits per heavy atom. The van der Waals surface area contributed by atoms with E-state index in [-0.39, 0.29) is 18.5 Å². The van der Waals surface area contributed by atoms with Gasteiger partial charge >= 0.3 is 5.97 Å². The normalized spacial score (nSPS) is 12.6. The van der Waals surface area contributed by atoms with E-state index in [4.69, 9.17) is 4.74 Å². The van der Waals surface area contributed by atoms with Crippen LogP contribution in [0, 0.1) is 0 Å². The molecular formula is C77H149NO5. The van der Waals surface area contributed by atoms with Crippen LogP contribution in [0.1, 0.15) is 431 Å². The number of amides is 1. The maximum absolute atomic E-state index is 12.5. The lowest BCUT2D eigenvalue weighted by atomic mass is 10.0. The Kier molecular flexibility index (Phi) is 71.4. The molecule has 2 unspecified atom stereocenters. The number of carbonyl (C=O) groups excluding carboxylic acids is 2.